The topological polar surface area (TPSA) is 0 Å². The number of aryl methyl sites for hydroxylation is 2. The molecule has 2 rings (SSSR count). The number of rotatable bonds is 2. The summed E-state index contributed by atoms with van der Waals surface area (Å²) in [6, 6.07) is 17.2. The van der Waals surface area contributed by atoms with E-state index in [0.717, 1.165) is 0 Å². The van der Waals surface area contributed by atoms with Crippen LogP contribution < -0.4 is 7.74 Å². The Morgan fingerprint density at radius 1 is 0.706 bits per heavy atom. The third-order valence-electron chi connectivity index (χ3n) is 2.97. The van der Waals surface area contributed by atoms with Crippen LogP contribution >= 0.6 is 26.3 Å². The van der Waals surface area contributed by atoms with Gasteiger partial charge < -0.3 is 0 Å². The monoisotopic (exact) mass is 388 g/mol. The molecule has 0 heterocycles. The average Bonchev–Trinajstić information content (AvgIpc) is 2.29. The van der Waals surface area contributed by atoms with E-state index in [1.165, 1.54) is 18.9 Å². The minimum absolute atomic E-state index is 1.35. The fourth-order valence-corrected chi connectivity index (χ4v) is 12.5. The summed E-state index contributed by atoms with van der Waals surface area (Å²) < 4.78 is 2.86. The van der Waals surface area contributed by atoms with Gasteiger partial charge in [0.1, 0.15) is 0 Å². The maximum absolute atomic E-state index is 4.00. The summed E-state index contributed by atoms with van der Waals surface area (Å²) in [6.07, 6.45) is 0. The quantitative estimate of drug-likeness (QED) is 0.680. The molecule has 0 fully saturated rings. The molecule has 0 aliphatic carbocycles. The van der Waals surface area contributed by atoms with Crippen LogP contribution in [-0.2, 0) is 12.4 Å². The fourth-order valence-electron chi connectivity index (χ4n) is 2.00. The molecule has 0 amide bonds. The van der Waals surface area contributed by atoms with Crippen LogP contribution in [0.15, 0.2) is 48.5 Å². The van der Waals surface area contributed by atoms with E-state index in [4.69, 9.17) is 0 Å². The molecule has 0 atom stereocenters. The molecule has 2 aromatic carbocycles. The Hall–Kier alpha value is 0.114. The Kier molecular flexibility index (Phi) is 4.30. The van der Waals surface area contributed by atoms with Gasteiger partial charge in [0.05, 0.1) is 0 Å². The van der Waals surface area contributed by atoms with Gasteiger partial charge in [0.15, 0.2) is 0 Å². The van der Waals surface area contributed by atoms with Gasteiger partial charge in [0, 0.05) is 0 Å². The van der Waals surface area contributed by atoms with Gasteiger partial charge in [0.2, 0.25) is 0 Å². The van der Waals surface area contributed by atoms with Crippen molar-refractivity contribution in [2.75, 3.05) is 0 Å². The van der Waals surface area contributed by atoms with Crippen LogP contribution in [0.5, 0.6) is 0 Å². The first-order valence-corrected chi connectivity index (χ1v) is 14.8. The molecule has 0 aromatic heterocycles. The third-order valence-corrected chi connectivity index (χ3v) is 13.9. The summed E-state index contributed by atoms with van der Waals surface area (Å²) in [5, 5.41) is 0. The summed E-state index contributed by atoms with van der Waals surface area (Å²) in [6.45, 7) is 4.35. The van der Waals surface area contributed by atoms with Crippen molar-refractivity contribution in [1.29, 1.82) is 0 Å². The minimum atomic E-state index is -2.48. The Bertz CT molecular complexity index is 488. The molecule has 0 N–H and O–H groups in total. The first-order chi connectivity index (χ1) is 8.03. The molecule has 0 saturated heterocycles. The van der Waals surface area contributed by atoms with Crippen molar-refractivity contribution >= 4 is 34.1 Å². The third kappa shape index (κ3) is 2.76. The maximum atomic E-state index is 4.00. The normalized spacial score (nSPS) is 11.5. The van der Waals surface area contributed by atoms with E-state index < -0.39 is 12.4 Å². The van der Waals surface area contributed by atoms with Crippen LogP contribution in [0.1, 0.15) is 11.1 Å². The predicted molar refractivity (Wildman–Crippen MR) is 79.5 cm³/mol. The molecule has 0 aliphatic heterocycles. The van der Waals surface area contributed by atoms with Crippen molar-refractivity contribution < 1.29 is 12.4 Å². The number of benzene rings is 2. The van der Waals surface area contributed by atoms with Crippen molar-refractivity contribution in [2.45, 2.75) is 13.8 Å². The van der Waals surface area contributed by atoms with Gasteiger partial charge in [-0.25, -0.2) is 0 Å². The number of hydrogen-bond donors (Lipinski definition) is 0. The van der Waals surface area contributed by atoms with Crippen LogP contribution in [0.3, 0.4) is 0 Å². The Morgan fingerprint density at radius 3 is 1.41 bits per heavy atom. The summed E-state index contributed by atoms with van der Waals surface area (Å²) in [4.78, 5) is 0. The Labute approximate surface area is 119 Å². The Balaban J connectivity index is 2.58. The van der Waals surface area contributed by atoms with Crippen LogP contribution in [0.2, 0.25) is 0 Å². The molecular weight excluding hydrogens is 376 g/mol. The Morgan fingerprint density at radius 2 is 1.06 bits per heavy atom. The van der Waals surface area contributed by atoms with Gasteiger partial charge in [-0.15, -0.1) is 0 Å². The van der Waals surface area contributed by atoms with E-state index in [-0.39, 0.29) is 0 Å². The molecule has 0 saturated carbocycles. The van der Waals surface area contributed by atoms with Crippen molar-refractivity contribution in [3.05, 3.63) is 59.7 Å². The van der Waals surface area contributed by atoms with Gasteiger partial charge in [-0.2, -0.15) is 0 Å². The van der Waals surface area contributed by atoms with Gasteiger partial charge in [0.25, 0.3) is 0 Å². The molecule has 2 aromatic rings. The van der Waals surface area contributed by atoms with Gasteiger partial charge in [-0.1, -0.05) is 0 Å². The molecule has 0 spiro atoms. The van der Waals surface area contributed by atoms with E-state index in [9.17, 15) is 0 Å². The second-order valence-corrected chi connectivity index (χ2v) is 21.9. The van der Waals surface area contributed by atoms with Crippen molar-refractivity contribution in [1.82, 2.24) is 0 Å². The SMILES string of the molecule is Cc1cccc[c]1[Ti]([Br])([Br])[c]1ccccc1C. The molecule has 0 unspecified atom stereocenters. The molecular formula is C14H14Br2Ti. The first kappa shape index (κ1) is 13.5. The first-order valence-electron chi connectivity index (χ1n) is 5.53. The second-order valence-electron chi connectivity index (χ2n) is 4.20. The van der Waals surface area contributed by atoms with Crippen molar-refractivity contribution in [2.24, 2.45) is 0 Å². The molecule has 3 heteroatoms. The van der Waals surface area contributed by atoms with Crippen molar-refractivity contribution in [3.8, 4) is 0 Å². The average molecular weight is 390 g/mol. The van der Waals surface area contributed by atoms with Crippen LogP contribution in [0.25, 0.3) is 0 Å². The van der Waals surface area contributed by atoms with E-state index in [2.05, 4.69) is 88.7 Å². The van der Waals surface area contributed by atoms with Crippen LogP contribution in [0, 0.1) is 13.8 Å². The molecule has 0 radical (unpaired) electrons. The molecule has 0 nitrogen and oxygen atoms in total. The summed E-state index contributed by atoms with van der Waals surface area (Å²) in [5.41, 5.74) is 2.70. The van der Waals surface area contributed by atoms with E-state index in [1.807, 2.05) is 0 Å². The molecule has 0 aliphatic rings. The summed E-state index contributed by atoms with van der Waals surface area (Å²) in [5.74, 6) is 0. The molecule has 88 valence electrons. The summed E-state index contributed by atoms with van der Waals surface area (Å²) >= 11 is 5.52. The predicted octanol–water partition coefficient (Wildman–Crippen LogP) is 4.03. The molecule has 17 heavy (non-hydrogen) atoms. The van der Waals surface area contributed by atoms with E-state index in [0.29, 0.717) is 0 Å². The number of halogens is 2. The zero-order valence-electron chi connectivity index (χ0n) is 9.87. The van der Waals surface area contributed by atoms with Gasteiger partial charge in [-0.3, -0.25) is 0 Å². The summed E-state index contributed by atoms with van der Waals surface area (Å²) in [7, 11) is 0. The number of hydrogen-bond acceptors (Lipinski definition) is 0. The van der Waals surface area contributed by atoms with Crippen LogP contribution in [-0.4, -0.2) is 0 Å². The molecule has 0 bridgehead atoms. The van der Waals surface area contributed by atoms with Crippen molar-refractivity contribution in [3.63, 3.8) is 0 Å². The fraction of sp³-hybridized carbons (Fsp3) is 0.143. The second kappa shape index (κ2) is 5.40. The van der Waals surface area contributed by atoms with Gasteiger partial charge >= 0.3 is 120 Å². The standard InChI is InChI=1S/2C7H7.2BrH.Ti/c2*1-7-5-3-2-4-6-7;;;/h2*2-5H,1H3;2*1H;/q;;;;+2/p-2. The van der Waals surface area contributed by atoms with E-state index >= 15 is 0 Å². The van der Waals surface area contributed by atoms with E-state index in [1.54, 1.807) is 0 Å². The zero-order valence-corrected chi connectivity index (χ0v) is 14.6. The van der Waals surface area contributed by atoms with Crippen LogP contribution in [0.4, 0.5) is 0 Å². The van der Waals surface area contributed by atoms with Gasteiger partial charge in [-0.05, 0) is 0 Å². The zero-order chi connectivity index (χ0) is 12.5.